The van der Waals surface area contributed by atoms with Crippen molar-refractivity contribution in [3.8, 4) is 0 Å². The molecule has 28 heavy (non-hydrogen) atoms. The molecule has 0 aliphatic carbocycles. The van der Waals surface area contributed by atoms with Crippen molar-refractivity contribution in [3.05, 3.63) is 59.9 Å². The van der Waals surface area contributed by atoms with Crippen LogP contribution in [0.1, 0.15) is 36.7 Å². The zero-order chi connectivity index (χ0) is 20.1. The number of nitrogens with zero attached hydrogens (tertiary/aromatic N) is 4. The number of pyridine rings is 1. The molecule has 0 saturated heterocycles. The Balaban J connectivity index is 1.78. The number of amides is 2. The Hall–Kier alpha value is -3.22. The maximum absolute atomic E-state index is 12.8. The lowest BCUT2D eigenvalue weighted by Crippen LogP contribution is -2.42. The summed E-state index contributed by atoms with van der Waals surface area (Å²) in [5, 5.41) is 8.01. The number of fused-ring (bicyclic) bond motifs is 1. The fraction of sp³-hybridized carbons (Fsp3) is 0.333. The second-order valence-corrected chi connectivity index (χ2v) is 6.97. The van der Waals surface area contributed by atoms with Gasteiger partial charge in [-0.1, -0.05) is 30.3 Å². The molecular formula is C21H25N5O2. The van der Waals surface area contributed by atoms with Gasteiger partial charge in [-0.05, 0) is 32.4 Å². The van der Waals surface area contributed by atoms with Crippen LogP contribution in [-0.2, 0) is 11.3 Å². The minimum Gasteiger partial charge on any atom is -0.352 e. The van der Waals surface area contributed by atoms with E-state index in [-0.39, 0.29) is 24.4 Å². The average molecular weight is 379 g/mol. The molecule has 1 N–H and O–H groups in total. The molecule has 0 spiro atoms. The number of likely N-dealkylation sites (N-methyl/N-ethyl adjacent to an activating group) is 1. The van der Waals surface area contributed by atoms with Gasteiger partial charge in [-0.2, -0.15) is 5.10 Å². The van der Waals surface area contributed by atoms with Crippen LogP contribution < -0.4 is 5.32 Å². The molecule has 2 aromatic heterocycles. The zero-order valence-corrected chi connectivity index (χ0v) is 16.4. The first-order valence-corrected chi connectivity index (χ1v) is 9.42. The van der Waals surface area contributed by atoms with Gasteiger partial charge in [0.2, 0.25) is 5.91 Å². The summed E-state index contributed by atoms with van der Waals surface area (Å²) in [6.45, 7) is 6.71. The second-order valence-electron chi connectivity index (χ2n) is 6.97. The van der Waals surface area contributed by atoms with Gasteiger partial charge in [-0.15, -0.1) is 0 Å². The molecule has 2 amide bonds. The third-order valence-electron chi connectivity index (χ3n) is 4.35. The van der Waals surface area contributed by atoms with E-state index >= 15 is 0 Å². The molecule has 7 nitrogen and oxygen atoms in total. The quantitative estimate of drug-likeness (QED) is 0.684. The van der Waals surface area contributed by atoms with Crippen molar-refractivity contribution in [2.75, 3.05) is 13.1 Å². The highest BCUT2D eigenvalue weighted by molar-refractivity contribution is 5.98. The number of carbonyl (C=O) groups excluding carboxylic acids is 2. The molecule has 3 aromatic rings. The Morgan fingerprint density at radius 3 is 2.61 bits per heavy atom. The third kappa shape index (κ3) is 4.54. The van der Waals surface area contributed by atoms with Gasteiger partial charge < -0.3 is 10.2 Å². The molecule has 2 heterocycles. The summed E-state index contributed by atoms with van der Waals surface area (Å²) in [5.74, 6) is -0.387. The summed E-state index contributed by atoms with van der Waals surface area (Å²) in [4.78, 5) is 30.8. The van der Waals surface area contributed by atoms with Crippen molar-refractivity contribution >= 4 is 22.8 Å². The van der Waals surface area contributed by atoms with Gasteiger partial charge in [-0.25, -0.2) is 9.67 Å². The predicted molar refractivity (Wildman–Crippen MR) is 108 cm³/mol. The van der Waals surface area contributed by atoms with Gasteiger partial charge in [-0.3, -0.25) is 9.59 Å². The Bertz CT molecular complexity index is 965. The maximum atomic E-state index is 12.8. The molecule has 7 heteroatoms. The lowest BCUT2D eigenvalue weighted by Gasteiger charge is -2.21. The lowest BCUT2D eigenvalue weighted by molar-refractivity contribution is -0.122. The van der Waals surface area contributed by atoms with E-state index in [1.807, 2.05) is 55.8 Å². The van der Waals surface area contributed by atoms with Crippen LogP contribution in [0.2, 0.25) is 0 Å². The first-order valence-electron chi connectivity index (χ1n) is 9.42. The molecule has 0 radical (unpaired) electrons. The van der Waals surface area contributed by atoms with E-state index < -0.39 is 0 Å². The van der Waals surface area contributed by atoms with Gasteiger partial charge in [0, 0.05) is 24.2 Å². The smallest absolute Gasteiger partial charge is 0.255 e. The third-order valence-corrected chi connectivity index (χ3v) is 4.35. The number of hydrogen-bond acceptors (Lipinski definition) is 4. The number of hydrogen-bond donors (Lipinski definition) is 1. The summed E-state index contributed by atoms with van der Waals surface area (Å²) < 4.78 is 1.81. The fourth-order valence-electron chi connectivity index (χ4n) is 3.01. The molecule has 0 atom stereocenters. The van der Waals surface area contributed by atoms with Crippen LogP contribution in [0.15, 0.2) is 48.8 Å². The summed E-state index contributed by atoms with van der Waals surface area (Å²) >= 11 is 0. The number of rotatable bonds is 7. The van der Waals surface area contributed by atoms with Gasteiger partial charge in [0.15, 0.2) is 5.65 Å². The molecule has 0 fully saturated rings. The van der Waals surface area contributed by atoms with E-state index in [0.717, 1.165) is 16.6 Å². The fourth-order valence-corrected chi connectivity index (χ4v) is 3.01. The summed E-state index contributed by atoms with van der Waals surface area (Å²) in [6, 6.07) is 11.8. The van der Waals surface area contributed by atoms with Crippen LogP contribution in [0.3, 0.4) is 0 Å². The van der Waals surface area contributed by atoms with E-state index in [4.69, 9.17) is 0 Å². The van der Waals surface area contributed by atoms with E-state index in [0.29, 0.717) is 18.7 Å². The topological polar surface area (TPSA) is 80.1 Å². The molecule has 0 aliphatic heterocycles. The Kier molecular flexibility index (Phi) is 6.03. The van der Waals surface area contributed by atoms with Crippen molar-refractivity contribution in [3.63, 3.8) is 0 Å². The van der Waals surface area contributed by atoms with Crippen molar-refractivity contribution in [2.24, 2.45) is 0 Å². The van der Waals surface area contributed by atoms with Crippen LogP contribution in [-0.4, -0.2) is 50.6 Å². The average Bonchev–Trinajstić information content (AvgIpc) is 3.08. The second kappa shape index (κ2) is 8.65. The number of carbonyl (C=O) groups is 2. The number of aromatic nitrogens is 3. The van der Waals surface area contributed by atoms with Crippen molar-refractivity contribution in [1.82, 2.24) is 25.0 Å². The van der Waals surface area contributed by atoms with Crippen LogP contribution in [0.25, 0.3) is 11.0 Å². The molecule has 1 aromatic carbocycles. The molecule has 0 aliphatic rings. The molecule has 3 rings (SSSR count). The standard InChI is InChI=1S/C21H25N5O2/c1-4-25(14-19(27)24-15(2)3)21(28)18-10-17-12-23-26(20(17)22-11-18)13-16-8-6-5-7-9-16/h5-12,15H,4,13-14H2,1-3H3,(H,24,27). The van der Waals surface area contributed by atoms with Crippen molar-refractivity contribution in [1.29, 1.82) is 0 Å². The molecule has 0 bridgehead atoms. The van der Waals surface area contributed by atoms with E-state index in [9.17, 15) is 9.59 Å². The highest BCUT2D eigenvalue weighted by Gasteiger charge is 2.19. The van der Waals surface area contributed by atoms with Crippen molar-refractivity contribution in [2.45, 2.75) is 33.4 Å². The van der Waals surface area contributed by atoms with E-state index in [1.54, 1.807) is 18.5 Å². The highest BCUT2D eigenvalue weighted by Crippen LogP contribution is 2.16. The van der Waals surface area contributed by atoms with Crippen LogP contribution >= 0.6 is 0 Å². The summed E-state index contributed by atoms with van der Waals surface area (Å²) in [5.41, 5.74) is 2.30. The van der Waals surface area contributed by atoms with Crippen LogP contribution in [0.4, 0.5) is 0 Å². The minimum absolute atomic E-state index is 0.0266. The van der Waals surface area contributed by atoms with Crippen LogP contribution in [0, 0.1) is 0 Å². The lowest BCUT2D eigenvalue weighted by atomic mass is 10.2. The Labute approximate surface area is 164 Å². The molecule has 0 unspecified atom stereocenters. The van der Waals surface area contributed by atoms with Gasteiger partial charge in [0.05, 0.1) is 24.8 Å². The number of benzene rings is 1. The zero-order valence-electron chi connectivity index (χ0n) is 16.4. The Morgan fingerprint density at radius 1 is 1.18 bits per heavy atom. The van der Waals surface area contributed by atoms with Gasteiger partial charge in [0.1, 0.15) is 0 Å². The molecule has 146 valence electrons. The Morgan fingerprint density at radius 2 is 1.93 bits per heavy atom. The molecule has 0 saturated carbocycles. The number of nitrogens with one attached hydrogen (secondary N) is 1. The van der Waals surface area contributed by atoms with Gasteiger partial charge >= 0.3 is 0 Å². The van der Waals surface area contributed by atoms with E-state index in [1.165, 1.54) is 4.90 Å². The minimum atomic E-state index is -0.216. The summed E-state index contributed by atoms with van der Waals surface area (Å²) in [6.07, 6.45) is 3.26. The largest absolute Gasteiger partial charge is 0.352 e. The van der Waals surface area contributed by atoms with Crippen molar-refractivity contribution < 1.29 is 9.59 Å². The van der Waals surface area contributed by atoms with E-state index in [2.05, 4.69) is 15.4 Å². The highest BCUT2D eigenvalue weighted by atomic mass is 16.2. The normalized spacial score (nSPS) is 11.0. The summed E-state index contributed by atoms with van der Waals surface area (Å²) in [7, 11) is 0. The first kappa shape index (κ1) is 19.5. The molecular weight excluding hydrogens is 354 g/mol. The predicted octanol–water partition coefficient (Wildman–Crippen LogP) is 2.47. The SMILES string of the molecule is CCN(CC(=O)NC(C)C)C(=O)c1cnc2c(cnn2Cc2ccccc2)c1. The van der Waals surface area contributed by atoms with Gasteiger partial charge in [0.25, 0.3) is 5.91 Å². The monoisotopic (exact) mass is 379 g/mol. The first-order chi connectivity index (χ1) is 13.5. The van der Waals surface area contributed by atoms with Crippen LogP contribution in [0.5, 0.6) is 0 Å². The maximum Gasteiger partial charge on any atom is 0.255 e.